The van der Waals surface area contributed by atoms with Crippen LogP contribution in [0.2, 0.25) is 0 Å². The first-order chi connectivity index (χ1) is 19.6. The van der Waals surface area contributed by atoms with Crippen LogP contribution in [-0.2, 0) is 17.8 Å². The van der Waals surface area contributed by atoms with Crippen molar-refractivity contribution in [1.29, 1.82) is 0 Å². The first-order valence-corrected chi connectivity index (χ1v) is 14.0. The average Bonchev–Trinajstić information content (AvgIpc) is 3.80. The molecule has 0 aliphatic carbocycles. The van der Waals surface area contributed by atoms with Gasteiger partial charge in [0.25, 0.3) is 11.8 Å². The van der Waals surface area contributed by atoms with Crippen molar-refractivity contribution in [3.63, 3.8) is 0 Å². The summed E-state index contributed by atoms with van der Waals surface area (Å²) in [6.45, 7) is 3.12. The number of hydrogen-bond donors (Lipinski definition) is 0. The molecular formula is C29H28N6O4S. The molecule has 0 saturated carbocycles. The normalized spacial score (nSPS) is 15.9. The number of oxazole rings is 1. The zero-order chi connectivity index (χ0) is 27.5. The maximum absolute atomic E-state index is 13.9. The molecule has 6 rings (SSSR count). The first kappa shape index (κ1) is 26.0. The molecule has 204 valence electrons. The van der Waals surface area contributed by atoms with E-state index >= 15 is 0 Å². The van der Waals surface area contributed by atoms with Gasteiger partial charge in [-0.25, -0.2) is 15.0 Å². The molecule has 5 heterocycles. The zero-order valence-electron chi connectivity index (χ0n) is 22.2. The van der Waals surface area contributed by atoms with Crippen molar-refractivity contribution in [2.75, 3.05) is 13.7 Å². The number of aromatic nitrogens is 5. The van der Waals surface area contributed by atoms with Crippen LogP contribution in [0, 0.1) is 0 Å². The van der Waals surface area contributed by atoms with Crippen LogP contribution in [0.25, 0.3) is 23.2 Å². The molecule has 5 aromatic rings. The lowest BCUT2D eigenvalue weighted by Gasteiger charge is -2.23. The lowest BCUT2D eigenvalue weighted by molar-refractivity contribution is 0.0735. The molecule has 1 fully saturated rings. The molecule has 4 aromatic heterocycles. The highest BCUT2D eigenvalue weighted by Gasteiger charge is 2.33. The number of benzene rings is 1. The predicted molar refractivity (Wildman–Crippen MR) is 147 cm³/mol. The highest BCUT2D eigenvalue weighted by atomic mass is 32.1. The highest BCUT2D eigenvalue weighted by Crippen LogP contribution is 2.36. The Morgan fingerprint density at radius 3 is 2.75 bits per heavy atom. The van der Waals surface area contributed by atoms with Gasteiger partial charge in [-0.3, -0.25) is 4.79 Å². The summed E-state index contributed by atoms with van der Waals surface area (Å²) < 4.78 is 16.8. The van der Waals surface area contributed by atoms with Gasteiger partial charge in [-0.2, -0.15) is 0 Å². The van der Waals surface area contributed by atoms with E-state index in [1.54, 1.807) is 30.6 Å². The second kappa shape index (κ2) is 11.5. The van der Waals surface area contributed by atoms with Crippen molar-refractivity contribution in [3.8, 4) is 23.2 Å². The van der Waals surface area contributed by atoms with Crippen LogP contribution < -0.4 is 0 Å². The maximum atomic E-state index is 13.9. The molecule has 1 saturated heterocycles. The van der Waals surface area contributed by atoms with Crippen LogP contribution in [0.4, 0.5) is 0 Å². The lowest BCUT2D eigenvalue weighted by Crippen LogP contribution is -2.30. The lowest BCUT2D eigenvalue weighted by atomic mass is 10.0. The quantitative estimate of drug-likeness (QED) is 0.225. The number of methoxy groups -OCH3 is 1. The molecule has 2 atom stereocenters. The fraction of sp³-hybridized carbons (Fsp3) is 0.310. The third-order valence-corrected chi connectivity index (χ3v) is 7.84. The summed E-state index contributed by atoms with van der Waals surface area (Å²) in [4.78, 5) is 29.4. The van der Waals surface area contributed by atoms with Gasteiger partial charge in [-0.1, -0.05) is 37.3 Å². The monoisotopic (exact) mass is 556 g/mol. The topological polar surface area (TPSA) is 120 Å². The standard InChI is InChI=1S/C29H28N6O4S/c1-18(13-19-7-4-3-5-8-19)25-33-34-27(39-25)23-15-20(14-22(32-23)26-30-10-12-38-26)29(36)35-11-6-9-24(35)28-31-21(16-37-2)17-40-28/h3-5,7-8,10,12,14-15,17-18,24H,6,9,11,13,16H2,1-2H3. The van der Waals surface area contributed by atoms with Gasteiger partial charge in [0.1, 0.15) is 22.7 Å². The molecule has 0 bridgehead atoms. The number of carbonyl (C=O) groups is 1. The number of nitrogens with zero attached hydrogens (tertiary/aromatic N) is 6. The summed E-state index contributed by atoms with van der Waals surface area (Å²) in [6.07, 6.45) is 5.51. The minimum atomic E-state index is -0.125. The Bertz CT molecular complexity index is 1580. The summed E-state index contributed by atoms with van der Waals surface area (Å²) in [5.41, 5.74) is 3.29. The predicted octanol–water partition coefficient (Wildman–Crippen LogP) is 5.71. The van der Waals surface area contributed by atoms with E-state index < -0.39 is 0 Å². The Morgan fingerprint density at radius 2 is 1.98 bits per heavy atom. The van der Waals surface area contributed by atoms with Gasteiger partial charge < -0.3 is 18.5 Å². The summed E-state index contributed by atoms with van der Waals surface area (Å²) in [5, 5.41) is 11.5. The minimum Gasteiger partial charge on any atom is -0.443 e. The van der Waals surface area contributed by atoms with Gasteiger partial charge in [-0.05, 0) is 37.0 Å². The second-order valence-electron chi connectivity index (χ2n) is 9.77. The molecule has 2 unspecified atom stereocenters. The van der Waals surface area contributed by atoms with Gasteiger partial charge in [0.05, 0.1) is 24.5 Å². The molecule has 1 aromatic carbocycles. The number of rotatable bonds is 9. The zero-order valence-corrected chi connectivity index (χ0v) is 23.0. The molecule has 0 radical (unpaired) electrons. The van der Waals surface area contributed by atoms with E-state index in [-0.39, 0.29) is 23.8 Å². The van der Waals surface area contributed by atoms with Crippen molar-refractivity contribution < 1.29 is 18.4 Å². The van der Waals surface area contributed by atoms with Crippen LogP contribution in [0.5, 0.6) is 0 Å². The third-order valence-electron chi connectivity index (χ3n) is 6.85. The Morgan fingerprint density at radius 1 is 1.15 bits per heavy atom. The SMILES string of the molecule is COCc1csc(C2CCCN2C(=O)c2cc(-c3ncco3)nc(-c3nnc(C(C)Cc4ccccc4)o3)c2)n1. The summed E-state index contributed by atoms with van der Waals surface area (Å²) in [7, 11) is 1.65. The average molecular weight is 557 g/mol. The molecule has 10 nitrogen and oxygen atoms in total. The van der Waals surface area contributed by atoms with Crippen molar-refractivity contribution in [1.82, 2.24) is 30.0 Å². The van der Waals surface area contributed by atoms with Crippen molar-refractivity contribution in [2.24, 2.45) is 0 Å². The minimum absolute atomic E-state index is 0.00586. The third kappa shape index (κ3) is 5.43. The van der Waals surface area contributed by atoms with Crippen molar-refractivity contribution >= 4 is 17.2 Å². The number of ether oxygens (including phenoxy) is 1. The van der Waals surface area contributed by atoms with Gasteiger partial charge >= 0.3 is 0 Å². The van der Waals surface area contributed by atoms with Crippen molar-refractivity contribution in [3.05, 3.63) is 88.0 Å². The summed E-state index contributed by atoms with van der Waals surface area (Å²) in [5.74, 6) is 0.922. The van der Waals surface area contributed by atoms with Gasteiger partial charge in [0.15, 0.2) is 0 Å². The number of carbonyl (C=O) groups excluding carboxylic acids is 1. The highest BCUT2D eigenvalue weighted by molar-refractivity contribution is 7.09. The Balaban J connectivity index is 1.30. The maximum Gasteiger partial charge on any atom is 0.266 e. The number of hydrogen-bond acceptors (Lipinski definition) is 10. The van der Waals surface area contributed by atoms with E-state index in [0.29, 0.717) is 41.9 Å². The molecule has 0 N–H and O–H groups in total. The Labute approximate surface area is 235 Å². The van der Waals surface area contributed by atoms with E-state index in [4.69, 9.17) is 18.6 Å². The fourth-order valence-electron chi connectivity index (χ4n) is 4.94. The van der Waals surface area contributed by atoms with Crippen LogP contribution >= 0.6 is 11.3 Å². The molecule has 1 aliphatic heterocycles. The van der Waals surface area contributed by atoms with E-state index in [9.17, 15) is 4.79 Å². The first-order valence-electron chi connectivity index (χ1n) is 13.1. The van der Waals surface area contributed by atoms with E-state index in [1.807, 2.05) is 35.4 Å². The largest absolute Gasteiger partial charge is 0.443 e. The molecule has 1 aliphatic rings. The fourth-order valence-corrected chi connectivity index (χ4v) is 5.89. The number of thiazole rings is 1. The number of amides is 1. The van der Waals surface area contributed by atoms with Crippen LogP contribution in [-0.4, -0.2) is 49.6 Å². The van der Waals surface area contributed by atoms with Crippen LogP contribution in [0.1, 0.15) is 64.2 Å². The molecule has 1 amide bonds. The van der Waals surface area contributed by atoms with Crippen LogP contribution in [0.3, 0.4) is 0 Å². The number of likely N-dealkylation sites (tertiary alicyclic amines) is 1. The Hall–Kier alpha value is -4.22. The molecule has 11 heteroatoms. The molecule has 0 spiro atoms. The molecule has 40 heavy (non-hydrogen) atoms. The summed E-state index contributed by atoms with van der Waals surface area (Å²) >= 11 is 1.55. The summed E-state index contributed by atoms with van der Waals surface area (Å²) in [6, 6.07) is 13.4. The Kier molecular flexibility index (Phi) is 7.47. The second-order valence-corrected chi connectivity index (χ2v) is 10.7. The van der Waals surface area contributed by atoms with Gasteiger partial charge in [0, 0.05) is 30.5 Å². The van der Waals surface area contributed by atoms with E-state index in [0.717, 1.165) is 30.0 Å². The van der Waals surface area contributed by atoms with Gasteiger partial charge in [-0.15, -0.1) is 21.5 Å². The van der Waals surface area contributed by atoms with Crippen LogP contribution in [0.15, 0.2) is 69.1 Å². The smallest absolute Gasteiger partial charge is 0.266 e. The van der Waals surface area contributed by atoms with Gasteiger partial charge in [0.2, 0.25) is 11.8 Å². The van der Waals surface area contributed by atoms with E-state index in [1.165, 1.54) is 18.0 Å². The van der Waals surface area contributed by atoms with E-state index in [2.05, 4.69) is 32.3 Å². The number of pyridine rings is 1. The van der Waals surface area contributed by atoms with Crippen molar-refractivity contribution in [2.45, 2.75) is 44.8 Å². The molecular weight excluding hydrogens is 528 g/mol.